The summed E-state index contributed by atoms with van der Waals surface area (Å²) in [6.45, 7) is 6.56. The van der Waals surface area contributed by atoms with Crippen molar-refractivity contribution in [2.24, 2.45) is 24.8 Å². The number of aliphatic hydroxyl groups excluding tert-OH is 1. The molecule has 1 aliphatic carbocycles. The first kappa shape index (κ1) is 23.3. The number of nitrogens with zero attached hydrogens (tertiary/aromatic N) is 2. The first-order valence-corrected chi connectivity index (χ1v) is 11.8. The van der Waals surface area contributed by atoms with Gasteiger partial charge in [0, 0.05) is 0 Å². The SMILES string of the molecule is COc1ccc(-c2n([C@H](O)C(=O)O[C@@H]3C[C@H](C)CC[C@H]3C(C)C)c3ccccc3[n+]2C)cc1. The Labute approximate surface area is 195 Å². The van der Waals surface area contributed by atoms with Crippen LogP contribution in [0.3, 0.4) is 0 Å². The van der Waals surface area contributed by atoms with Crippen molar-refractivity contribution in [3.8, 4) is 17.1 Å². The maximum Gasteiger partial charge on any atom is 0.381 e. The highest BCUT2D eigenvalue weighted by Gasteiger charge is 2.38. The number of aliphatic hydroxyl groups is 1. The summed E-state index contributed by atoms with van der Waals surface area (Å²) in [7, 11) is 3.57. The van der Waals surface area contributed by atoms with Gasteiger partial charge < -0.3 is 14.6 Å². The average molecular weight is 452 g/mol. The molecule has 0 aliphatic heterocycles. The molecule has 0 spiro atoms. The van der Waals surface area contributed by atoms with Crippen LogP contribution in [0.4, 0.5) is 0 Å². The van der Waals surface area contributed by atoms with Gasteiger partial charge >= 0.3 is 12.2 Å². The number of benzene rings is 2. The molecule has 4 atom stereocenters. The number of methoxy groups -OCH3 is 1. The molecule has 1 aliphatic rings. The van der Waals surface area contributed by atoms with Crippen molar-refractivity contribution in [3.05, 3.63) is 48.5 Å². The van der Waals surface area contributed by atoms with Crippen molar-refractivity contribution in [3.63, 3.8) is 0 Å². The van der Waals surface area contributed by atoms with Crippen LogP contribution in [0.2, 0.25) is 0 Å². The number of rotatable bonds is 6. The monoisotopic (exact) mass is 451 g/mol. The molecule has 3 aromatic rings. The number of ether oxygens (including phenoxy) is 2. The Morgan fingerprint density at radius 3 is 2.48 bits per heavy atom. The average Bonchev–Trinajstić information content (AvgIpc) is 3.11. The standard InChI is InChI=1S/C27H35N2O4/c1-17(2)21-15-10-18(3)16-24(21)33-27(31)26(30)29-23-9-7-6-8-22(23)28(4)25(29)19-11-13-20(32-5)14-12-19/h6-9,11-14,17-18,21,24,26,30H,10,15-16H2,1-5H3/q+1/t18-,21+,24-,26-/m1/s1. The molecule has 0 amide bonds. The molecule has 2 aromatic carbocycles. The molecule has 0 unspecified atom stereocenters. The number of para-hydroxylation sites is 2. The van der Waals surface area contributed by atoms with Gasteiger partial charge in [-0.05, 0) is 67.0 Å². The third kappa shape index (κ3) is 4.49. The molecule has 1 N–H and O–H groups in total. The number of hydrogen-bond acceptors (Lipinski definition) is 4. The van der Waals surface area contributed by atoms with Gasteiger partial charge in [-0.1, -0.05) is 39.3 Å². The third-order valence-electron chi connectivity index (χ3n) is 7.08. The van der Waals surface area contributed by atoms with E-state index < -0.39 is 12.2 Å². The second-order valence-electron chi connectivity index (χ2n) is 9.64. The van der Waals surface area contributed by atoms with Crippen molar-refractivity contribution in [1.29, 1.82) is 0 Å². The molecule has 0 radical (unpaired) electrons. The first-order chi connectivity index (χ1) is 15.8. The van der Waals surface area contributed by atoms with Crippen LogP contribution in [0.25, 0.3) is 22.4 Å². The minimum atomic E-state index is -1.45. The number of esters is 1. The van der Waals surface area contributed by atoms with E-state index in [0.717, 1.165) is 47.4 Å². The summed E-state index contributed by atoms with van der Waals surface area (Å²) in [4.78, 5) is 13.3. The van der Waals surface area contributed by atoms with Crippen molar-refractivity contribution >= 4 is 17.0 Å². The van der Waals surface area contributed by atoms with Crippen LogP contribution in [0.1, 0.15) is 46.3 Å². The molecule has 1 saturated carbocycles. The first-order valence-electron chi connectivity index (χ1n) is 11.8. The number of imidazole rings is 1. The van der Waals surface area contributed by atoms with Crippen LogP contribution >= 0.6 is 0 Å². The molecular weight excluding hydrogens is 416 g/mol. The summed E-state index contributed by atoms with van der Waals surface area (Å²) < 4.78 is 15.0. The zero-order chi connectivity index (χ0) is 23.7. The largest absolute Gasteiger partial charge is 0.497 e. The van der Waals surface area contributed by atoms with Crippen molar-refractivity contribution in [1.82, 2.24) is 4.57 Å². The molecule has 0 bridgehead atoms. The van der Waals surface area contributed by atoms with E-state index in [0.29, 0.717) is 17.8 Å². The molecule has 6 nitrogen and oxygen atoms in total. The van der Waals surface area contributed by atoms with Crippen molar-refractivity contribution in [2.45, 2.75) is 52.4 Å². The molecule has 6 heteroatoms. The molecular formula is C27H35N2O4+. The molecule has 4 rings (SSSR count). The van der Waals surface area contributed by atoms with Gasteiger partial charge in [-0.15, -0.1) is 0 Å². The maximum atomic E-state index is 13.3. The van der Waals surface area contributed by atoms with Crippen LogP contribution in [0, 0.1) is 17.8 Å². The number of carbonyl (C=O) groups excluding carboxylic acids is 1. The van der Waals surface area contributed by atoms with E-state index in [4.69, 9.17) is 9.47 Å². The molecule has 0 saturated heterocycles. The fourth-order valence-electron chi connectivity index (χ4n) is 5.23. The van der Waals surface area contributed by atoms with Crippen molar-refractivity contribution < 1.29 is 23.9 Å². The second kappa shape index (κ2) is 9.56. The number of fused-ring (bicyclic) bond motifs is 1. The van der Waals surface area contributed by atoms with E-state index in [1.807, 2.05) is 60.1 Å². The minimum Gasteiger partial charge on any atom is -0.497 e. The molecule has 176 valence electrons. The van der Waals surface area contributed by atoms with Gasteiger partial charge in [-0.25, -0.2) is 9.36 Å². The fraction of sp³-hybridized carbons (Fsp3) is 0.481. The lowest BCUT2D eigenvalue weighted by Crippen LogP contribution is -2.38. The van der Waals surface area contributed by atoms with E-state index in [1.54, 1.807) is 11.7 Å². The van der Waals surface area contributed by atoms with Gasteiger partial charge in [0.15, 0.2) is 11.0 Å². The normalized spacial score (nSPS) is 21.8. The highest BCUT2D eigenvalue weighted by atomic mass is 16.6. The van der Waals surface area contributed by atoms with Crippen molar-refractivity contribution in [2.75, 3.05) is 7.11 Å². The van der Waals surface area contributed by atoms with Gasteiger partial charge in [-0.3, -0.25) is 0 Å². The predicted octanol–water partition coefficient (Wildman–Crippen LogP) is 4.64. The summed E-state index contributed by atoms with van der Waals surface area (Å²) in [5.41, 5.74) is 2.56. The Morgan fingerprint density at radius 2 is 1.82 bits per heavy atom. The summed E-state index contributed by atoms with van der Waals surface area (Å²) in [5, 5.41) is 11.3. The second-order valence-corrected chi connectivity index (χ2v) is 9.64. The van der Waals surface area contributed by atoms with Gasteiger partial charge in [0.25, 0.3) is 5.82 Å². The minimum absolute atomic E-state index is 0.170. The lowest BCUT2D eigenvalue weighted by Gasteiger charge is -2.36. The Kier molecular flexibility index (Phi) is 6.75. The zero-order valence-electron chi connectivity index (χ0n) is 20.2. The topological polar surface area (TPSA) is 64.6 Å². The number of hydrogen-bond donors (Lipinski definition) is 1. The Balaban J connectivity index is 1.72. The fourth-order valence-corrected chi connectivity index (χ4v) is 5.23. The third-order valence-corrected chi connectivity index (χ3v) is 7.08. The van der Waals surface area contributed by atoms with Crippen LogP contribution < -0.4 is 9.30 Å². The lowest BCUT2D eigenvalue weighted by atomic mass is 9.75. The lowest BCUT2D eigenvalue weighted by molar-refractivity contribution is -0.634. The van der Waals surface area contributed by atoms with E-state index in [9.17, 15) is 9.90 Å². The number of aryl methyl sites for hydroxylation is 1. The highest BCUT2D eigenvalue weighted by molar-refractivity contribution is 5.81. The molecule has 33 heavy (non-hydrogen) atoms. The van der Waals surface area contributed by atoms with Gasteiger partial charge in [0.05, 0.1) is 19.7 Å². The summed E-state index contributed by atoms with van der Waals surface area (Å²) in [6.07, 6.45) is 1.42. The predicted molar refractivity (Wildman–Crippen MR) is 128 cm³/mol. The summed E-state index contributed by atoms with van der Waals surface area (Å²) in [5.74, 6) is 2.12. The zero-order valence-corrected chi connectivity index (χ0v) is 20.2. The van der Waals surface area contributed by atoms with E-state index in [2.05, 4.69) is 20.8 Å². The Bertz CT molecular complexity index is 1120. The van der Waals surface area contributed by atoms with Crippen LogP contribution in [0.15, 0.2) is 48.5 Å². The maximum absolute atomic E-state index is 13.3. The molecule has 1 aromatic heterocycles. The Hall–Kier alpha value is -2.86. The quantitative estimate of drug-likeness (QED) is 0.438. The molecule has 1 fully saturated rings. The summed E-state index contributed by atoms with van der Waals surface area (Å²) in [6, 6.07) is 15.4. The van der Waals surface area contributed by atoms with E-state index in [-0.39, 0.29) is 6.10 Å². The number of carbonyl (C=O) groups is 1. The summed E-state index contributed by atoms with van der Waals surface area (Å²) >= 11 is 0. The Morgan fingerprint density at radius 1 is 1.12 bits per heavy atom. The smallest absolute Gasteiger partial charge is 0.381 e. The van der Waals surface area contributed by atoms with Crippen LogP contribution in [-0.4, -0.2) is 28.9 Å². The van der Waals surface area contributed by atoms with Gasteiger partial charge in [0.1, 0.15) is 11.9 Å². The van der Waals surface area contributed by atoms with Crippen LogP contribution in [0.5, 0.6) is 5.75 Å². The van der Waals surface area contributed by atoms with E-state index >= 15 is 0 Å². The highest BCUT2D eigenvalue weighted by Crippen LogP contribution is 2.36. The van der Waals surface area contributed by atoms with E-state index in [1.165, 1.54) is 0 Å². The van der Waals surface area contributed by atoms with Gasteiger partial charge in [-0.2, -0.15) is 4.57 Å². The van der Waals surface area contributed by atoms with Crippen LogP contribution in [-0.2, 0) is 16.6 Å². The van der Waals surface area contributed by atoms with Gasteiger partial charge in [0.2, 0.25) is 0 Å². The molecule has 1 heterocycles. The number of aromatic nitrogens is 2.